The van der Waals surface area contributed by atoms with Crippen molar-refractivity contribution < 1.29 is 9.53 Å². The van der Waals surface area contributed by atoms with Gasteiger partial charge in [-0.3, -0.25) is 9.48 Å². The van der Waals surface area contributed by atoms with E-state index in [0.29, 0.717) is 13.2 Å². The molecule has 1 atom stereocenters. The third-order valence-electron chi connectivity index (χ3n) is 3.81. The highest BCUT2D eigenvalue weighted by atomic mass is 16.5. The number of rotatable bonds is 9. The minimum atomic E-state index is -0.414. The predicted octanol–water partition coefficient (Wildman–Crippen LogP) is 0.937. The van der Waals surface area contributed by atoms with E-state index in [1.807, 2.05) is 51.6 Å². The number of aryl methyl sites for hydroxylation is 1. The molecule has 1 unspecified atom stereocenters. The molecule has 1 aromatic carbocycles. The summed E-state index contributed by atoms with van der Waals surface area (Å²) >= 11 is 0. The van der Waals surface area contributed by atoms with Crippen LogP contribution in [0.2, 0.25) is 0 Å². The van der Waals surface area contributed by atoms with Crippen molar-refractivity contribution in [2.45, 2.75) is 12.6 Å². The van der Waals surface area contributed by atoms with Crippen LogP contribution in [0, 0.1) is 0 Å². The van der Waals surface area contributed by atoms with Gasteiger partial charge in [-0.2, -0.15) is 5.10 Å². The van der Waals surface area contributed by atoms with Crippen molar-refractivity contribution in [1.82, 2.24) is 25.3 Å². The molecule has 0 saturated heterocycles. The molecule has 136 valence electrons. The molecule has 7 nitrogen and oxygen atoms in total. The van der Waals surface area contributed by atoms with Crippen LogP contribution in [0.4, 0.5) is 0 Å². The Morgan fingerprint density at radius 3 is 2.60 bits per heavy atom. The summed E-state index contributed by atoms with van der Waals surface area (Å²) in [6.07, 6.45) is 3.53. The predicted molar refractivity (Wildman–Crippen MR) is 97.3 cm³/mol. The lowest BCUT2D eigenvalue weighted by Gasteiger charge is -2.15. The maximum Gasteiger partial charge on any atom is 0.242 e. The van der Waals surface area contributed by atoms with Crippen molar-refractivity contribution in [3.8, 4) is 5.75 Å². The van der Waals surface area contributed by atoms with Crippen molar-refractivity contribution in [2.75, 3.05) is 34.3 Å². The van der Waals surface area contributed by atoms with Crippen LogP contribution in [0.1, 0.15) is 17.2 Å². The third kappa shape index (κ3) is 5.88. The molecular weight excluding hydrogens is 318 g/mol. The Bertz CT molecular complexity index is 666. The second kappa shape index (κ2) is 9.19. The summed E-state index contributed by atoms with van der Waals surface area (Å²) in [6, 6.07) is 7.36. The van der Waals surface area contributed by atoms with Gasteiger partial charge in [0.1, 0.15) is 18.4 Å². The molecule has 0 saturated carbocycles. The normalized spacial score (nSPS) is 12.2. The third-order valence-corrected chi connectivity index (χ3v) is 3.81. The fraction of sp³-hybridized carbons (Fsp3) is 0.444. The summed E-state index contributed by atoms with van der Waals surface area (Å²) < 4.78 is 7.35. The number of hydrogen-bond acceptors (Lipinski definition) is 5. The monoisotopic (exact) mass is 345 g/mol. The average Bonchev–Trinajstić information content (AvgIpc) is 3.00. The lowest BCUT2D eigenvalue weighted by atomic mass is 10.1. The quantitative estimate of drug-likeness (QED) is 0.708. The number of carbonyl (C=O) groups is 1. The highest BCUT2D eigenvalue weighted by Gasteiger charge is 2.19. The van der Waals surface area contributed by atoms with Gasteiger partial charge in [0.2, 0.25) is 5.91 Å². The molecule has 25 heavy (non-hydrogen) atoms. The van der Waals surface area contributed by atoms with E-state index in [-0.39, 0.29) is 5.91 Å². The Labute approximate surface area is 149 Å². The zero-order chi connectivity index (χ0) is 18.2. The second-order valence-electron chi connectivity index (χ2n) is 6.18. The molecule has 1 aromatic heterocycles. The maximum atomic E-state index is 12.4. The number of carbonyl (C=O) groups excluding carboxylic acids is 1. The highest BCUT2D eigenvalue weighted by Crippen LogP contribution is 2.14. The van der Waals surface area contributed by atoms with E-state index < -0.39 is 6.04 Å². The van der Waals surface area contributed by atoms with E-state index in [1.54, 1.807) is 17.9 Å². The highest BCUT2D eigenvalue weighted by molar-refractivity contribution is 5.83. The van der Waals surface area contributed by atoms with Crippen molar-refractivity contribution in [1.29, 1.82) is 0 Å². The molecule has 0 fully saturated rings. The standard InChI is InChI=1S/C18H27N5O2/c1-19-17(15-12-21-23(4)13-15)18(24)20-11-14-5-7-16(8-6-14)25-10-9-22(2)3/h5-8,12-13,17,19H,9-11H2,1-4H3,(H,20,24). The van der Waals surface area contributed by atoms with E-state index in [2.05, 4.69) is 20.6 Å². The topological polar surface area (TPSA) is 71.4 Å². The number of ether oxygens (including phenoxy) is 1. The number of amides is 1. The number of benzene rings is 1. The summed E-state index contributed by atoms with van der Waals surface area (Å²) in [5.74, 6) is 0.752. The van der Waals surface area contributed by atoms with Crippen LogP contribution >= 0.6 is 0 Å². The molecule has 0 aliphatic carbocycles. The molecule has 0 spiro atoms. The van der Waals surface area contributed by atoms with Crippen LogP contribution < -0.4 is 15.4 Å². The summed E-state index contributed by atoms with van der Waals surface area (Å²) in [7, 11) is 7.62. The van der Waals surface area contributed by atoms with Gasteiger partial charge in [0, 0.05) is 31.9 Å². The van der Waals surface area contributed by atoms with Gasteiger partial charge in [0.25, 0.3) is 0 Å². The van der Waals surface area contributed by atoms with E-state index in [0.717, 1.165) is 23.4 Å². The minimum Gasteiger partial charge on any atom is -0.492 e. The van der Waals surface area contributed by atoms with Crippen LogP contribution in [-0.4, -0.2) is 54.9 Å². The molecule has 1 amide bonds. The summed E-state index contributed by atoms with van der Waals surface area (Å²) in [5, 5.41) is 10.1. The second-order valence-corrected chi connectivity index (χ2v) is 6.18. The number of nitrogens with one attached hydrogen (secondary N) is 2. The SMILES string of the molecule is CNC(C(=O)NCc1ccc(OCCN(C)C)cc1)c1cnn(C)c1. The van der Waals surface area contributed by atoms with Gasteiger partial charge >= 0.3 is 0 Å². The first-order chi connectivity index (χ1) is 12.0. The largest absolute Gasteiger partial charge is 0.492 e. The van der Waals surface area contributed by atoms with Crippen molar-refractivity contribution in [3.05, 3.63) is 47.8 Å². The fourth-order valence-electron chi connectivity index (χ4n) is 2.38. The van der Waals surface area contributed by atoms with Crippen LogP contribution in [0.15, 0.2) is 36.7 Å². The lowest BCUT2D eigenvalue weighted by Crippen LogP contribution is -2.35. The lowest BCUT2D eigenvalue weighted by molar-refractivity contribution is -0.123. The van der Waals surface area contributed by atoms with E-state index in [1.165, 1.54) is 0 Å². The van der Waals surface area contributed by atoms with E-state index in [9.17, 15) is 4.79 Å². The van der Waals surface area contributed by atoms with Crippen LogP contribution in [0.25, 0.3) is 0 Å². The molecule has 7 heteroatoms. The molecule has 0 aliphatic rings. The number of nitrogens with zero attached hydrogens (tertiary/aromatic N) is 3. The molecule has 2 N–H and O–H groups in total. The first-order valence-corrected chi connectivity index (χ1v) is 8.29. The summed E-state index contributed by atoms with van der Waals surface area (Å²) in [5.41, 5.74) is 1.86. The fourth-order valence-corrected chi connectivity index (χ4v) is 2.38. The number of likely N-dealkylation sites (N-methyl/N-ethyl adjacent to an activating group) is 2. The van der Waals surface area contributed by atoms with Crippen molar-refractivity contribution in [3.63, 3.8) is 0 Å². The van der Waals surface area contributed by atoms with Crippen LogP contribution in [-0.2, 0) is 18.4 Å². The molecule has 0 aliphatic heterocycles. The zero-order valence-electron chi connectivity index (χ0n) is 15.3. The average molecular weight is 345 g/mol. The Hall–Kier alpha value is -2.38. The van der Waals surface area contributed by atoms with Gasteiger partial charge in [-0.25, -0.2) is 0 Å². The smallest absolute Gasteiger partial charge is 0.242 e. The van der Waals surface area contributed by atoms with Crippen LogP contribution in [0.3, 0.4) is 0 Å². The first kappa shape index (κ1) is 19.0. The van der Waals surface area contributed by atoms with Gasteiger partial charge in [-0.15, -0.1) is 0 Å². The Balaban J connectivity index is 1.84. The molecule has 2 aromatic rings. The van der Waals surface area contributed by atoms with Gasteiger partial charge in [-0.1, -0.05) is 12.1 Å². The summed E-state index contributed by atoms with van der Waals surface area (Å²) in [6.45, 7) is 1.99. The molecule has 0 radical (unpaired) electrons. The first-order valence-electron chi connectivity index (χ1n) is 8.29. The van der Waals surface area contributed by atoms with Crippen molar-refractivity contribution >= 4 is 5.91 Å². The molecule has 2 rings (SSSR count). The Kier molecular flexibility index (Phi) is 6.97. The van der Waals surface area contributed by atoms with Gasteiger partial charge in [0.05, 0.1) is 6.20 Å². The Morgan fingerprint density at radius 2 is 2.04 bits per heavy atom. The molecule has 1 heterocycles. The molecule has 0 bridgehead atoms. The van der Waals surface area contributed by atoms with Crippen LogP contribution in [0.5, 0.6) is 5.75 Å². The van der Waals surface area contributed by atoms with Gasteiger partial charge in [-0.05, 0) is 38.8 Å². The van der Waals surface area contributed by atoms with Gasteiger partial charge in [0.15, 0.2) is 0 Å². The number of hydrogen-bond donors (Lipinski definition) is 2. The van der Waals surface area contributed by atoms with E-state index in [4.69, 9.17) is 4.74 Å². The Morgan fingerprint density at radius 1 is 1.32 bits per heavy atom. The number of aromatic nitrogens is 2. The van der Waals surface area contributed by atoms with Crippen molar-refractivity contribution in [2.24, 2.45) is 7.05 Å². The minimum absolute atomic E-state index is 0.0817. The van der Waals surface area contributed by atoms with E-state index >= 15 is 0 Å². The molecular formula is C18H27N5O2. The summed E-state index contributed by atoms with van der Waals surface area (Å²) in [4.78, 5) is 14.5. The zero-order valence-corrected chi connectivity index (χ0v) is 15.3. The maximum absolute atomic E-state index is 12.4. The van der Waals surface area contributed by atoms with Gasteiger partial charge < -0.3 is 20.3 Å².